The Morgan fingerprint density at radius 2 is 2.20 bits per heavy atom. The molecule has 0 saturated carbocycles. The predicted molar refractivity (Wildman–Crippen MR) is 76.9 cm³/mol. The zero-order valence-electron chi connectivity index (χ0n) is 10.6. The summed E-state index contributed by atoms with van der Waals surface area (Å²) in [6.45, 7) is 0. The summed E-state index contributed by atoms with van der Waals surface area (Å²) >= 11 is 6.01. The summed E-state index contributed by atoms with van der Waals surface area (Å²) in [6, 6.07) is 6.44. The quantitative estimate of drug-likeness (QED) is 0.802. The summed E-state index contributed by atoms with van der Waals surface area (Å²) in [7, 11) is 1.53. The van der Waals surface area contributed by atoms with Crippen LogP contribution in [0, 0.1) is 0 Å². The van der Waals surface area contributed by atoms with Crippen LogP contribution in [0.25, 0.3) is 0 Å². The molecule has 2 aromatic rings. The van der Waals surface area contributed by atoms with Gasteiger partial charge in [-0.3, -0.25) is 0 Å². The summed E-state index contributed by atoms with van der Waals surface area (Å²) in [6.07, 6.45) is 1.23. The van der Waals surface area contributed by atoms with Crippen molar-refractivity contribution in [2.45, 2.75) is 0 Å². The van der Waals surface area contributed by atoms with Crippen molar-refractivity contribution in [2.24, 2.45) is 0 Å². The third kappa shape index (κ3) is 2.92. The second-order valence-corrected chi connectivity index (χ2v) is 4.35. The van der Waals surface area contributed by atoms with E-state index in [1.54, 1.807) is 18.2 Å². The normalized spacial score (nSPS) is 10.1. The summed E-state index contributed by atoms with van der Waals surface area (Å²) in [4.78, 5) is 14.8. The van der Waals surface area contributed by atoms with Crippen LogP contribution in [0.15, 0.2) is 30.5 Å². The van der Waals surface area contributed by atoms with Crippen LogP contribution in [-0.4, -0.2) is 23.2 Å². The van der Waals surface area contributed by atoms with E-state index in [1.807, 2.05) is 0 Å². The Morgan fingerprint density at radius 1 is 1.45 bits per heavy atom. The first-order valence-electron chi connectivity index (χ1n) is 5.60. The minimum atomic E-state index is -1.08. The van der Waals surface area contributed by atoms with Crippen LogP contribution in [0.2, 0.25) is 5.02 Å². The van der Waals surface area contributed by atoms with Gasteiger partial charge in [0.2, 0.25) is 0 Å². The fraction of sp³-hybridized carbons (Fsp3) is 0.0769. The monoisotopic (exact) mass is 293 g/mol. The number of methoxy groups -OCH3 is 1. The topological polar surface area (TPSA) is 97.5 Å². The first-order valence-corrected chi connectivity index (χ1v) is 5.98. The summed E-state index contributed by atoms with van der Waals surface area (Å²) in [5.41, 5.74) is 6.68. The van der Waals surface area contributed by atoms with E-state index in [9.17, 15) is 4.79 Å². The highest BCUT2D eigenvalue weighted by Crippen LogP contribution is 2.29. The second kappa shape index (κ2) is 5.66. The average molecular weight is 294 g/mol. The van der Waals surface area contributed by atoms with E-state index in [0.717, 1.165) is 0 Å². The van der Waals surface area contributed by atoms with Gasteiger partial charge >= 0.3 is 5.97 Å². The van der Waals surface area contributed by atoms with E-state index < -0.39 is 5.97 Å². The van der Waals surface area contributed by atoms with E-state index in [4.69, 9.17) is 27.2 Å². The van der Waals surface area contributed by atoms with E-state index in [2.05, 4.69) is 10.3 Å². The van der Waals surface area contributed by atoms with Gasteiger partial charge in [-0.05, 0) is 24.3 Å². The molecule has 0 spiro atoms. The molecule has 1 aromatic carbocycles. The van der Waals surface area contributed by atoms with Gasteiger partial charge in [0.15, 0.2) is 5.82 Å². The fourth-order valence-electron chi connectivity index (χ4n) is 1.58. The number of nitrogens with two attached hydrogens (primary N) is 1. The molecular formula is C13H12ClN3O3. The number of carboxylic acid groups (broad SMARTS) is 1. The minimum Gasteiger partial charge on any atom is -0.495 e. The van der Waals surface area contributed by atoms with Gasteiger partial charge in [0.25, 0.3) is 0 Å². The molecule has 4 N–H and O–H groups in total. The average Bonchev–Trinajstić information content (AvgIpc) is 2.41. The molecule has 20 heavy (non-hydrogen) atoms. The van der Waals surface area contributed by atoms with Crippen molar-refractivity contribution in [1.29, 1.82) is 0 Å². The zero-order valence-corrected chi connectivity index (χ0v) is 11.3. The fourth-order valence-corrected chi connectivity index (χ4v) is 1.84. The van der Waals surface area contributed by atoms with Crippen LogP contribution >= 0.6 is 11.6 Å². The maximum absolute atomic E-state index is 10.8. The van der Waals surface area contributed by atoms with E-state index in [0.29, 0.717) is 22.3 Å². The lowest BCUT2D eigenvalue weighted by Crippen LogP contribution is -2.04. The van der Waals surface area contributed by atoms with Crippen molar-refractivity contribution in [3.05, 3.63) is 41.0 Å². The van der Waals surface area contributed by atoms with Gasteiger partial charge in [-0.2, -0.15) is 0 Å². The van der Waals surface area contributed by atoms with E-state index in [1.165, 1.54) is 19.4 Å². The highest BCUT2D eigenvalue weighted by Gasteiger charge is 2.09. The number of hydrogen-bond donors (Lipinski definition) is 3. The number of carboxylic acids is 1. The van der Waals surface area contributed by atoms with Crippen LogP contribution in [0.3, 0.4) is 0 Å². The summed E-state index contributed by atoms with van der Waals surface area (Å²) in [5, 5.41) is 12.2. The SMILES string of the molecule is COc1ccc(Nc2ncc(C(=O)O)cc2N)cc1Cl. The van der Waals surface area contributed by atoms with E-state index in [-0.39, 0.29) is 11.3 Å². The van der Waals surface area contributed by atoms with Gasteiger partial charge in [0.05, 0.1) is 23.4 Å². The first kappa shape index (κ1) is 14.0. The highest BCUT2D eigenvalue weighted by molar-refractivity contribution is 6.32. The number of aromatic nitrogens is 1. The molecule has 0 saturated heterocycles. The number of carbonyl (C=O) groups is 1. The molecule has 0 amide bonds. The maximum atomic E-state index is 10.8. The van der Waals surface area contributed by atoms with Crippen molar-refractivity contribution in [3.8, 4) is 5.75 Å². The molecule has 0 atom stereocenters. The molecule has 0 aliphatic rings. The Labute approximate surface area is 120 Å². The Hall–Kier alpha value is -2.47. The minimum absolute atomic E-state index is 0.0285. The number of aromatic carboxylic acids is 1. The third-order valence-electron chi connectivity index (χ3n) is 2.58. The third-order valence-corrected chi connectivity index (χ3v) is 2.87. The Kier molecular flexibility index (Phi) is 3.95. The molecule has 104 valence electrons. The van der Waals surface area contributed by atoms with Crippen molar-refractivity contribution in [1.82, 2.24) is 4.98 Å². The molecule has 0 unspecified atom stereocenters. The molecule has 0 aliphatic carbocycles. The lowest BCUT2D eigenvalue weighted by Gasteiger charge is -2.10. The summed E-state index contributed by atoms with van der Waals surface area (Å²) in [5.74, 6) is -0.168. The zero-order chi connectivity index (χ0) is 14.7. The molecule has 7 heteroatoms. The summed E-state index contributed by atoms with van der Waals surface area (Å²) < 4.78 is 5.05. The molecule has 0 radical (unpaired) electrons. The van der Waals surface area contributed by atoms with E-state index >= 15 is 0 Å². The maximum Gasteiger partial charge on any atom is 0.337 e. The number of halogens is 1. The molecular weight excluding hydrogens is 282 g/mol. The van der Waals surface area contributed by atoms with Crippen molar-refractivity contribution in [3.63, 3.8) is 0 Å². The van der Waals surface area contributed by atoms with Gasteiger partial charge in [0.1, 0.15) is 5.75 Å². The van der Waals surface area contributed by atoms with Crippen LogP contribution in [0.4, 0.5) is 17.2 Å². The number of nitrogen functional groups attached to an aromatic ring is 1. The number of anilines is 3. The van der Waals surface area contributed by atoms with Crippen LogP contribution < -0.4 is 15.8 Å². The van der Waals surface area contributed by atoms with Crippen molar-refractivity contribution >= 4 is 34.8 Å². The van der Waals surface area contributed by atoms with Crippen LogP contribution in [0.1, 0.15) is 10.4 Å². The Bertz CT molecular complexity index is 661. The number of benzene rings is 1. The Balaban J connectivity index is 2.26. The van der Waals surface area contributed by atoms with Gasteiger partial charge in [0, 0.05) is 11.9 Å². The molecule has 0 fully saturated rings. The van der Waals surface area contributed by atoms with Crippen LogP contribution in [-0.2, 0) is 0 Å². The number of pyridine rings is 1. The van der Waals surface area contributed by atoms with Gasteiger partial charge in [-0.25, -0.2) is 9.78 Å². The second-order valence-electron chi connectivity index (χ2n) is 3.94. The van der Waals surface area contributed by atoms with Gasteiger partial charge in [-0.1, -0.05) is 11.6 Å². The Morgan fingerprint density at radius 3 is 2.75 bits per heavy atom. The lowest BCUT2D eigenvalue weighted by molar-refractivity contribution is 0.0696. The predicted octanol–water partition coefficient (Wildman–Crippen LogP) is 2.77. The smallest absolute Gasteiger partial charge is 0.337 e. The highest BCUT2D eigenvalue weighted by atomic mass is 35.5. The van der Waals surface area contributed by atoms with Crippen LogP contribution in [0.5, 0.6) is 5.75 Å². The van der Waals surface area contributed by atoms with Gasteiger partial charge < -0.3 is 20.9 Å². The molecule has 2 rings (SSSR count). The molecule has 0 bridgehead atoms. The number of ether oxygens (including phenoxy) is 1. The number of rotatable bonds is 4. The molecule has 6 nitrogen and oxygen atoms in total. The number of nitrogens with zero attached hydrogens (tertiary/aromatic N) is 1. The standard InChI is InChI=1S/C13H12ClN3O3/c1-20-11-3-2-8(5-9(11)14)17-12-10(15)4-7(6-16-12)13(18)19/h2-6H,15H2,1H3,(H,16,17)(H,18,19). The van der Waals surface area contributed by atoms with Crippen molar-refractivity contribution < 1.29 is 14.6 Å². The lowest BCUT2D eigenvalue weighted by atomic mass is 10.2. The number of nitrogens with one attached hydrogen (secondary N) is 1. The molecule has 1 aromatic heterocycles. The first-order chi connectivity index (χ1) is 9.51. The van der Waals surface area contributed by atoms with Crippen molar-refractivity contribution in [2.75, 3.05) is 18.2 Å². The molecule has 1 heterocycles. The largest absolute Gasteiger partial charge is 0.495 e. The molecule has 0 aliphatic heterocycles. The van der Waals surface area contributed by atoms with Gasteiger partial charge in [-0.15, -0.1) is 0 Å². The number of hydrogen-bond acceptors (Lipinski definition) is 5.